The summed E-state index contributed by atoms with van der Waals surface area (Å²) in [6.45, 7) is 2.01. The van der Waals surface area contributed by atoms with Crippen LogP contribution in [-0.4, -0.2) is 11.2 Å². The van der Waals surface area contributed by atoms with E-state index in [0.29, 0.717) is 0 Å². The minimum absolute atomic E-state index is 0.164. The van der Waals surface area contributed by atoms with Crippen LogP contribution < -0.4 is 0 Å². The van der Waals surface area contributed by atoms with Gasteiger partial charge in [-0.3, -0.25) is 0 Å². The summed E-state index contributed by atoms with van der Waals surface area (Å²) >= 11 is 0. The molecule has 0 bridgehead atoms. The SMILES string of the molecule is CCC/C=C(\F)C(O)C1CCCCC1. The number of aliphatic hydroxyl groups excluding tert-OH is 1. The zero-order chi connectivity index (χ0) is 10.4. The van der Waals surface area contributed by atoms with E-state index in [1.54, 1.807) is 6.08 Å². The van der Waals surface area contributed by atoms with Crippen molar-refractivity contribution in [3.8, 4) is 0 Å². The first kappa shape index (κ1) is 11.7. The van der Waals surface area contributed by atoms with E-state index < -0.39 is 6.10 Å². The molecule has 0 spiro atoms. The average Bonchev–Trinajstić information content (AvgIpc) is 2.26. The minimum atomic E-state index is -0.832. The zero-order valence-electron chi connectivity index (χ0n) is 9.01. The van der Waals surface area contributed by atoms with Crippen LogP contribution in [0.15, 0.2) is 11.9 Å². The van der Waals surface area contributed by atoms with Gasteiger partial charge >= 0.3 is 0 Å². The van der Waals surface area contributed by atoms with Gasteiger partial charge < -0.3 is 5.11 Å². The summed E-state index contributed by atoms with van der Waals surface area (Å²) < 4.78 is 13.4. The van der Waals surface area contributed by atoms with Crippen LogP contribution in [0.5, 0.6) is 0 Å². The Labute approximate surface area is 86.0 Å². The lowest BCUT2D eigenvalue weighted by Gasteiger charge is -2.25. The maximum Gasteiger partial charge on any atom is 0.125 e. The Morgan fingerprint density at radius 3 is 2.64 bits per heavy atom. The molecule has 1 unspecified atom stereocenters. The Kier molecular flexibility index (Phi) is 5.16. The Morgan fingerprint density at radius 2 is 2.07 bits per heavy atom. The number of aliphatic hydroxyl groups is 1. The lowest BCUT2D eigenvalue weighted by atomic mass is 9.84. The summed E-state index contributed by atoms with van der Waals surface area (Å²) in [4.78, 5) is 0. The van der Waals surface area contributed by atoms with Crippen LogP contribution in [0.3, 0.4) is 0 Å². The maximum atomic E-state index is 13.4. The highest BCUT2D eigenvalue weighted by atomic mass is 19.1. The molecule has 0 aromatic carbocycles. The molecule has 1 nitrogen and oxygen atoms in total. The zero-order valence-corrected chi connectivity index (χ0v) is 9.01. The first-order valence-corrected chi connectivity index (χ1v) is 5.79. The van der Waals surface area contributed by atoms with E-state index in [9.17, 15) is 9.50 Å². The first-order valence-electron chi connectivity index (χ1n) is 5.79. The van der Waals surface area contributed by atoms with Crippen molar-refractivity contribution in [2.45, 2.75) is 58.0 Å². The molecule has 14 heavy (non-hydrogen) atoms. The highest BCUT2D eigenvalue weighted by Gasteiger charge is 2.24. The van der Waals surface area contributed by atoms with Crippen LogP contribution >= 0.6 is 0 Å². The predicted octanol–water partition coefficient (Wildman–Crippen LogP) is 3.58. The average molecular weight is 200 g/mol. The van der Waals surface area contributed by atoms with Crippen LogP contribution in [0.2, 0.25) is 0 Å². The fourth-order valence-electron chi connectivity index (χ4n) is 2.08. The monoisotopic (exact) mass is 200 g/mol. The molecule has 0 saturated heterocycles. The fourth-order valence-corrected chi connectivity index (χ4v) is 2.08. The lowest BCUT2D eigenvalue weighted by Crippen LogP contribution is -2.23. The van der Waals surface area contributed by atoms with Crippen molar-refractivity contribution in [3.05, 3.63) is 11.9 Å². The molecule has 0 radical (unpaired) electrons. The third kappa shape index (κ3) is 3.41. The number of hydrogen-bond acceptors (Lipinski definition) is 1. The molecule has 2 heteroatoms. The molecule has 1 saturated carbocycles. The Balaban J connectivity index is 2.41. The molecule has 0 aromatic heterocycles. The van der Waals surface area contributed by atoms with Crippen LogP contribution in [0.25, 0.3) is 0 Å². The van der Waals surface area contributed by atoms with Crippen LogP contribution in [-0.2, 0) is 0 Å². The van der Waals surface area contributed by atoms with Crippen molar-refractivity contribution >= 4 is 0 Å². The van der Waals surface area contributed by atoms with Crippen LogP contribution in [0.4, 0.5) is 4.39 Å². The molecule has 0 amide bonds. The third-order valence-corrected chi connectivity index (χ3v) is 3.01. The van der Waals surface area contributed by atoms with E-state index in [2.05, 4.69) is 0 Å². The summed E-state index contributed by atoms with van der Waals surface area (Å²) in [5.74, 6) is -0.143. The van der Waals surface area contributed by atoms with E-state index in [4.69, 9.17) is 0 Å². The molecule has 82 valence electrons. The molecule has 1 atom stereocenters. The maximum absolute atomic E-state index is 13.4. The predicted molar refractivity (Wildman–Crippen MR) is 56.7 cm³/mol. The number of hydrogen-bond donors (Lipinski definition) is 1. The van der Waals surface area contributed by atoms with Gasteiger partial charge in [-0.25, -0.2) is 4.39 Å². The smallest absolute Gasteiger partial charge is 0.125 e. The standard InChI is InChI=1S/C12H21FO/c1-2-3-9-11(13)12(14)10-7-5-4-6-8-10/h9-10,12,14H,2-8H2,1H3/b11-9-. The molecule has 0 aromatic rings. The molecule has 1 aliphatic rings. The first-order chi connectivity index (χ1) is 6.75. The second-order valence-corrected chi connectivity index (χ2v) is 4.22. The lowest BCUT2D eigenvalue weighted by molar-refractivity contribution is 0.0947. The summed E-state index contributed by atoms with van der Waals surface area (Å²) in [5.41, 5.74) is 0. The molecular weight excluding hydrogens is 179 g/mol. The van der Waals surface area contributed by atoms with Gasteiger partial charge in [-0.15, -0.1) is 0 Å². The fraction of sp³-hybridized carbons (Fsp3) is 0.833. The van der Waals surface area contributed by atoms with Crippen molar-refractivity contribution in [3.63, 3.8) is 0 Å². The van der Waals surface area contributed by atoms with Gasteiger partial charge in [0.05, 0.1) is 0 Å². The molecule has 0 heterocycles. The highest BCUT2D eigenvalue weighted by Crippen LogP contribution is 2.29. The summed E-state index contributed by atoms with van der Waals surface area (Å²) in [6, 6.07) is 0. The van der Waals surface area contributed by atoms with Gasteiger partial charge in [0.2, 0.25) is 0 Å². The Hall–Kier alpha value is -0.370. The van der Waals surface area contributed by atoms with Gasteiger partial charge in [0.15, 0.2) is 0 Å². The van der Waals surface area contributed by atoms with Gasteiger partial charge in [-0.1, -0.05) is 38.7 Å². The van der Waals surface area contributed by atoms with Crippen molar-refractivity contribution in [1.29, 1.82) is 0 Å². The molecular formula is C12H21FO. The molecule has 1 N–H and O–H groups in total. The van der Waals surface area contributed by atoms with Gasteiger partial charge in [0, 0.05) is 0 Å². The normalized spacial score (nSPS) is 22.4. The summed E-state index contributed by atoms with van der Waals surface area (Å²) in [7, 11) is 0. The van der Waals surface area contributed by atoms with Crippen molar-refractivity contribution in [1.82, 2.24) is 0 Å². The largest absolute Gasteiger partial charge is 0.386 e. The summed E-state index contributed by atoms with van der Waals surface area (Å²) in [6.07, 6.45) is 7.86. The molecule has 1 fully saturated rings. The second-order valence-electron chi connectivity index (χ2n) is 4.22. The van der Waals surface area contributed by atoms with Crippen LogP contribution in [0.1, 0.15) is 51.9 Å². The topological polar surface area (TPSA) is 20.2 Å². The van der Waals surface area contributed by atoms with Crippen molar-refractivity contribution in [2.75, 3.05) is 0 Å². The Bertz CT molecular complexity index is 183. The molecule has 1 rings (SSSR count). The number of halogens is 1. The van der Waals surface area contributed by atoms with Gasteiger partial charge in [0.1, 0.15) is 11.9 Å². The van der Waals surface area contributed by atoms with E-state index in [1.165, 1.54) is 6.42 Å². The molecule has 0 aliphatic heterocycles. The van der Waals surface area contributed by atoms with Gasteiger partial charge in [-0.2, -0.15) is 0 Å². The van der Waals surface area contributed by atoms with Crippen LogP contribution in [0, 0.1) is 5.92 Å². The van der Waals surface area contributed by atoms with Gasteiger partial charge in [0.25, 0.3) is 0 Å². The third-order valence-electron chi connectivity index (χ3n) is 3.01. The number of allylic oxidation sites excluding steroid dienone is 1. The quantitative estimate of drug-likeness (QED) is 0.735. The van der Waals surface area contributed by atoms with E-state index in [-0.39, 0.29) is 11.7 Å². The highest BCUT2D eigenvalue weighted by molar-refractivity contribution is 5.01. The summed E-state index contributed by atoms with van der Waals surface area (Å²) in [5, 5.41) is 9.73. The van der Waals surface area contributed by atoms with Crippen molar-refractivity contribution in [2.24, 2.45) is 5.92 Å². The minimum Gasteiger partial charge on any atom is -0.386 e. The molecule has 1 aliphatic carbocycles. The van der Waals surface area contributed by atoms with E-state index in [0.717, 1.165) is 38.5 Å². The van der Waals surface area contributed by atoms with Crippen molar-refractivity contribution < 1.29 is 9.50 Å². The number of unbranched alkanes of at least 4 members (excludes halogenated alkanes) is 1. The number of rotatable bonds is 4. The van der Waals surface area contributed by atoms with E-state index in [1.807, 2.05) is 6.92 Å². The van der Waals surface area contributed by atoms with E-state index >= 15 is 0 Å². The Morgan fingerprint density at radius 1 is 1.43 bits per heavy atom. The van der Waals surface area contributed by atoms with Gasteiger partial charge in [-0.05, 0) is 25.2 Å². The second kappa shape index (κ2) is 6.18.